The van der Waals surface area contributed by atoms with Crippen molar-refractivity contribution < 1.29 is 19.4 Å². The number of morpholine rings is 1. The van der Waals surface area contributed by atoms with E-state index in [4.69, 9.17) is 4.74 Å². The van der Waals surface area contributed by atoms with E-state index in [0.29, 0.717) is 26.2 Å². The lowest BCUT2D eigenvalue weighted by molar-refractivity contribution is -0.138. The van der Waals surface area contributed by atoms with Crippen LogP contribution in [0.1, 0.15) is 61.0 Å². The molecule has 3 heterocycles. The summed E-state index contributed by atoms with van der Waals surface area (Å²) in [6.07, 6.45) is 1.97. The molecule has 1 saturated heterocycles. The number of rotatable bonds is 11. The van der Waals surface area contributed by atoms with Gasteiger partial charge in [0.1, 0.15) is 6.04 Å². The predicted molar refractivity (Wildman–Crippen MR) is 158 cm³/mol. The minimum atomic E-state index is -1.00. The molecule has 2 atom stereocenters. The first-order valence-corrected chi connectivity index (χ1v) is 14.7. The fraction of sp³-hybridized carbons (Fsp3) is 0.452. The first-order valence-electron chi connectivity index (χ1n) is 13.8. The van der Waals surface area contributed by atoms with Crippen molar-refractivity contribution in [2.45, 2.75) is 59.2 Å². The summed E-state index contributed by atoms with van der Waals surface area (Å²) >= 11 is 1.54. The van der Waals surface area contributed by atoms with Gasteiger partial charge in [-0.1, -0.05) is 38.1 Å². The lowest BCUT2D eigenvalue weighted by Crippen LogP contribution is -2.40. The molecular formula is C31H39N3O5S. The molecule has 214 valence electrons. The number of benzene rings is 1. The molecule has 8 nitrogen and oxygen atoms in total. The molecule has 1 fully saturated rings. The summed E-state index contributed by atoms with van der Waals surface area (Å²) in [5.41, 5.74) is 4.84. The van der Waals surface area contributed by atoms with Gasteiger partial charge in [0.15, 0.2) is 0 Å². The van der Waals surface area contributed by atoms with Crippen molar-refractivity contribution in [2.75, 3.05) is 26.3 Å². The molecule has 40 heavy (non-hydrogen) atoms. The van der Waals surface area contributed by atoms with Crippen molar-refractivity contribution in [3.05, 3.63) is 80.6 Å². The zero-order valence-electron chi connectivity index (χ0n) is 23.7. The number of carboxylic acid groups (broad SMARTS) is 1. The van der Waals surface area contributed by atoms with E-state index in [-0.39, 0.29) is 23.8 Å². The van der Waals surface area contributed by atoms with Gasteiger partial charge in [0.25, 0.3) is 5.56 Å². The molecule has 0 saturated carbocycles. The number of nitrogens with one attached hydrogen (secondary N) is 1. The lowest BCUT2D eigenvalue weighted by atomic mass is 9.98. The van der Waals surface area contributed by atoms with Crippen molar-refractivity contribution in [3.63, 3.8) is 0 Å². The number of aliphatic carboxylic acids is 1. The molecule has 0 aliphatic carbocycles. The number of ether oxygens (including phenoxy) is 1. The van der Waals surface area contributed by atoms with E-state index in [1.54, 1.807) is 6.20 Å². The van der Waals surface area contributed by atoms with Gasteiger partial charge in [0, 0.05) is 36.8 Å². The highest BCUT2D eigenvalue weighted by molar-refractivity contribution is 7.13. The minimum absolute atomic E-state index is 0.139. The van der Waals surface area contributed by atoms with E-state index in [9.17, 15) is 19.5 Å². The topological polar surface area (TPSA) is 101 Å². The average Bonchev–Trinajstić information content (AvgIpc) is 3.38. The normalized spacial score (nSPS) is 15.6. The zero-order valence-corrected chi connectivity index (χ0v) is 24.5. The second-order valence-electron chi connectivity index (χ2n) is 11.0. The molecule has 0 spiro atoms. The number of carboxylic acids is 1. The maximum absolute atomic E-state index is 13.8. The van der Waals surface area contributed by atoms with Crippen LogP contribution in [-0.4, -0.2) is 52.8 Å². The monoisotopic (exact) mass is 565 g/mol. The number of thiophene rings is 1. The quantitative estimate of drug-likeness (QED) is 0.341. The van der Waals surface area contributed by atoms with Crippen LogP contribution in [0.15, 0.2) is 52.8 Å². The molecule has 0 radical (unpaired) electrons. The minimum Gasteiger partial charge on any atom is -0.481 e. The van der Waals surface area contributed by atoms with Gasteiger partial charge in [-0.15, -0.1) is 11.3 Å². The molecule has 1 aromatic carbocycles. The van der Waals surface area contributed by atoms with Crippen molar-refractivity contribution in [3.8, 4) is 10.4 Å². The van der Waals surface area contributed by atoms with Crippen LogP contribution in [0.25, 0.3) is 10.4 Å². The van der Waals surface area contributed by atoms with E-state index in [2.05, 4.69) is 36.2 Å². The van der Waals surface area contributed by atoms with E-state index in [1.807, 2.05) is 37.4 Å². The van der Waals surface area contributed by atoms with Crippen LogP contribution in [0.3, 0.4) is 0 Å². The van der Waals surface area contributed by atoms with E-state index in [0.717, 1.165) is 45.8 Å². The predicted octanol–water partition coefficient (Wildman–Crippen LogP) is 4.95. The van der Waals surface area contributed by atoms with Gasteiger partial charge in [-0.25, -0.2) is 0 Å². The van der Waals surface area contributed by atoms with Gasteiger partial charge in [-0.3, -0.25) is 19.3 Å². The molecule has 1 amide bonds. The Morgan fingerprint density at radius 1 is 1.10 bits per heavy atom. The van der Waals surface area contributed by atoms with Crippen LogP contribution in [-0.2, 0) is 20.9 Å². The second kappa shape index (κ2) is 13.4. The molecule has 9 heteroatoms. The first kappa shape index (κ1) is 29.7. The standard InChI is InChI=1S/C31H39N3O5S/c1-20(2)14-26(34-18-23(8-9-28(34)35)17-33-10-12-39-13-11-33)31(38)32-25(16-29(36)37)24-15-27(40-19-24)30-21(3)6-5-7-22(30)4/h5-9,15,18-20,25-26H,10-14,16-17H2,1-4H3,(H,32,38)(H,36,37)/t25-,26+/m1/s1. The highest BCUT2D eigenvalue weighted by atomic mass is 32.1. The molecule has 2 aromatic heterocycles. The third kappa shape index (κ3) is 7.47. The molecule has 4 rings (SSSR count). The molecule has 0 unspecified atom stereocenters. The highest BCUT2D eigenvalue weighted by Gasteiger charge is 2.28. The van der Waals surface area contributed by atoms with Gasteiger partial charge in [-0.05, 0) is 65.4 Å². The summed E-state index contributed by atoms with van der Waals surface area (Å²) in [5, 5.41) is 14.6. The number of pyridine rings is 1. The Morgan fingerprint density at radius 2 is 1.80 bits per heavy atom. The SMILES string of the molecule is Cc1cccc(C)c1-c1cc([C@@H](CC(=O)O)NC(=O)[C@H](CC(C)C)n2cc(CN3CCOCC3)ccc2=O)cs1. The van der Waals surface area contributed by atoms with Gasteiger partial charge in [0.2, 0.25) is 5.91 Å². The average molecular weight is 566 g/mol. The Kier molecular flexibility index (Phi) is 9.95. The number of hydrogen-bond donors (Lipinski definition) is 2. The molecular weight excluding hydrogens is 526 g/mol. The van der Waals surface area contributed by atoms with Crippen LogP contribution in [0.5, 0.6) is 0 Å². The Hall–Kier alpha value is -3.27. The maximum atomic E-state index is 13.8. The fourth-order valence-electron chi connectivity index (χ4n) is 5.26. The number of carbonyl (C=O) groups is 2. The Labute approximate surface area is 239 Å². The van der Waals surface area contributed by atoms with E-state index in [1.165, 1.54) is 22.0 Å². The van der Waals surface area contributed by atoms with Crippen molar-refractivity contribution in [2.24, 2.45) is 5.92 Å². The molecule has 0 bridgehead atoms. The third-order valence-electron chi connectivity index (χ3n) is 7.29. The van der Waals surface area contributed by atoms with Crippen molar-refractivity contribution in [1.29, 1.82) is 0 Å². The van der Waals surface area contributed by atoms with Gasteiger partial charge >= 0.3 is 5.97 Å². The number of hydrogen-bond acceptors (Lipinski definition) is 6. The van der Waals surface area contributed by atoms with Crippen molar-refractivity contribution >= 4 is 23.2 Å². The Morgan fingerprint density at radius 3 is 2.45 bits per heavy atom. The van der Waals surface area contributed by atoms with Gasteiger partial charge in [0.05, 0.1) is 25.7 Å². The number of amides is 1. The number of aromatic nitrogens is 1. The molecule has 3 aromatic rings. The lowest BCUT2D eigenvalue weighted by Gasteiger charge is -2.28. The second-order valence-corrected chi connectivity index (χ2v) is 11.9. The van der Waals surface area contributed by atoms with Crippen LogP contribution in [0, 0.1) is 19.8 Å². The zero-order chi connectivity index (χ0) is 28.8. The first-order chi connectivity index (χ1) is 19.1. The van der Waals surface area contributed by atoms with E-state index >= 15 is 0 Å². The summed E-state index contributed by atoms with van der Waals surface area (Å²) in [5.74, 6) is -1.22. The summed E-state index contributed by atoms with van der Waals surface area (Å²) in [4.78, 5) is 41.9. The molecule has 1 aliphatic heterocycles. The van der Waals surface area contributed by atoms with Crippen LogP contribution in [0.2, 0.25) is 0 Å². The summed E-state index contributed by atoms with van der Waals surface area (Å²) in [7, 11) is 0. The van der Waals surface area contributed by atoms with Crippen molar-refractivity contribution in [1.82, 2.24) is 14.8 Å². The van der Waals surface area contributed by atoms with Crippen LogP contribution in [0.4, 0.5) is 0 Å². The van der Waals surface area contributed by atoms with Gasteiger partial charge in [-0.2, -0.15) is 0 Å². The summed E-state index contributed by atoms with van der Waals surface area (Å²) in [6, 6.07) is 9.95. The summed E-state index contributed by atoms with van der Waals surface area (Å²) in [6.45, 7) is 11.8. The fourth-order valence-corrected chi connectivity index (χ4v) is 6.40. The Bertz CT molecular complexity index is 1370. The van der Waals surface area contributed by atoms with Crippen LogP contribution < -0.4 is 10.9 Å². The molecule has 2 N–H and O–H groups in total. The van der Waals surface area contributed by atoms with Crippen LogP contribution >= 0.6 is 11.3 Å². The number of nitrogens with zero attached hydrogens (tertiary/aromatic N) is 2. The third-order valence-corrected chi connectivity index (χ3v) is 8.25. The number of carbonyl (C=O) groups excluding carboxylic acids is 1. The summed E-state index contributed by atoms with van der Waals surface area (Å²) < 4.78 is 6.95. The number of aryl methyl sites for hydroxylation is 2. The Balaban J connectivity index is 1.61. The molecule has 1 aliphatic rings. The smallest absolute Gasteiger partial charge is 0.305 e. The largest absolute Gasteiger partial charge is 0.481 e. The maximum Gasteiger partial charge on any atom is 0.305 e. The highest BCUT2D eigenvalue weighted by Crippen LogP contribution is 2.35. The van der Waals surface area contributed by atoms with Gasteiger partial charge < -0.3 is 19.7 Å². The van der Waals surface area contributed by atoms with E-state index < -0.39 is 18.1 Å².